The summed E-state index contributed by atoms with van der Waals surface area (Å²) < 4.78 is 82.9. The average molecular weight is 1590 g/mol. The molecule has 45 heteroatoms. The van der Waals surface area contributed by atoms with Crippen LogP contribution in [0.4, 0.5) is 26.8 Å². The number of H-pyrrole nitrogens is 2. The highest BCUT2D eigenvalue weighted by molar-refractivity contribution is 8.26. The number of ether oxygens (including phenoxy) is 5. The molecule has 5 saturated heterocycles. The van der Waals surface area contributed by atoms with Crippen LogP contribution in [0.2, 0.25) is 0 Å². The number of methoxy groups -OCH3 is 1. The number of aliphatic hydroxyl groups is 1. The number of rotatable bonds is 25. The number of nitrogens with one attached hydrogen (secondary N) is 6. The Hall–Kier alpha value is -9.91. The molecule has 3 amide bonds. The van der Waals surface area contributed by atoms with Gasteiger partial charge in [-0.2, -0.15) is 0 Å². The Morgan fingerprint density at radius 1 is 0.716 bits per heavy atom. The number of aliphatic hydroxyl groups excluding tert-OH is 1. The van der Waals surface area contributed by atoms with Gasteiger partial charge in [0, 0.05) is 116 Å². The Morgan fingerprint density at radius 2 is 1.24 bits per heavy atom. The van der Waals surface area contributed by atoms with E-state index in [1.54, 1.807) is 13.8 Å². The Morgan fingerprint density at radius 3 is 1.82 bits per heavy atom. The number of phosphoric ester groups is 2. The number of nitro benzene ring substituents is 2. The number of benzene rings is 2. The molecule has 41 nitrogen and oxygen atoms in total. The number of anilines is 1. The van der Waals surface area contributed by atoms with Gasteiger partial charge in [-0.3, -0.25) is 96.3 Å². The van der Waals surface area contributed by atoms with Crippen LogP contribution < -0.4 is 49.5 Å². The molecule has 0 bridgehead atoms. The lowest BCUT2D eigenvalue weighted by molar-refractivity contribution is -0.386. The molecule has 109 heavy (non-hydrogen) atoms. The van der Waals surface area contributed by atoms with Gasteiger partial charge in [0.2, 0.25) is 16.1 Å². The minimum Gasteiger partial charge on any atom is -0.390 e. The third kappa shape index (κ3) is 19.4. The van der Waals surface area contributed by atoms with Crippen LogP contribution in [-0.4, -0.2) is 180 Å². The van der Waals surface area contributed by atoms with Crippen molar-refractivity contribution in [3.63, 3.8) is 0 Å². The maximum atomic E-state index is 14.2. The highest BCUT2D eigenvalue weighted by atomic mass is 32.2. The van der Waals surface area contributed by atoms with E-state index < -0.39 is 179 Å². The second-order valence-electron chi connectivity index (χ2n) is 24.6. The number of nitrogen functional groups attached to an aromatic ring is 1. The number of nitro groups is 2. The first-order chi connectivity index (χ1) is 51.8. The van der Waals surface area contributed by atoms with Crippen molar-refractivity contribution in [3.8, 4) is 35.5 Å². The summed E-state index contributed by atoms with van der Waals surface area (Å²) in [6.07, 6.45) is -11.5. The zero-order valence-electron chi connectivity index (χ0n) is 57.4. The summed E-state index contributed by atoms with van der Waals surface area (Å²) in [6, 6.07) is 6.40. The molecule has 0 spiro atoms. The summed E-state index contributed by atoms with van der Waals surface area (Å²) in [6.45, 7) is 2.15. The van der Waals surface area contributed by atoms with Crippen molar-refractivity contribution in [3.05, 3.63) is 162 Å². The normalized spacial score (nSPS) is 24.2. The minimum atomic E-state index is -5.44. The molecule has 0 aliphatic carbocycles. The van der Waals surface area contributed by atoms with E-state index in [4.69, 9.17) is 47.5 Å². The fourth-order valence-electron chi connectivity index (χ4n) is 12.0. The number of hydrogen-bond donors (Lipinski definition) is 10. The predicted molar refractivity (Wildman–Crippen MR) is 378 cm³/mol. The molecule has 11 rings (SSSR count). The van der Waals surface area contributed by atoms with Crippen LogP contribution in [0.5, 0.6) is 0 Å². The number of amides is 3. The van der Waals surface area contributed by atoms with Gasteiger partial charge in [-0.1, -0.05) is 42.4 Å². The van der Waals surface area contributed by atoms with Crippen LogP contribution in [0.3, 0.4) is 0 Å². The monoisotopic (exact) mass is 1590 g/mol. The van der Waals surface area contributed by atoms with Crippen molar-refractivity contribution in [1.29, 1.82) is 0 Å². The van der Waals surface area contributed by atoms with Gasteiger partial charge >= 0.3 is 27.0 Å². The summed E-state index contributed by atoms with van der Waals surface area (Å²) >= 11 is 0.870. The van der Waals surface area contributed by atoms with Gasteiger partial charge in [-0.15, -0.1) is 0 Å². The van der Waals surface area contributed by atoms with Gasteiger partial charge in [0.25, 0.3) is 33.0 Å². The van der Waals surface area contributed by atoms with Crippen LogP contribution in [0.25, 0.3) is 11.0 Å². The first-order valence-corrected chi connectivity index (χ1v) is 37.5. The summed E-state index contributed by atoms with van der Waals surface area (Å²) in [5.41, 5.74) is 1.58. The zero-order chi connectivity index (χ0) is 78.3. The maximum absolute atomic E-state index is 14.2. The number of carbonyl (C=O) groups is 5. The summed E-state index contributed by atoms with van der Waals surface area (Å²) in [7, 11) is -9.54. The van der Waals surface area contributed by atoms with Gasteiger partial charge in [0.05, 0.1) is 77.5 Å². The molecular formula is C64H66N14O27P2S2. The van der Waals surface area contributed by atoms with Gasteiger partial charge in [-0.05, 0) is 38.1 Å². The SMILES string of the molecule is CCC(=O)NCC#Cc1cn(C2CC(OP(=O)(O)OCC3OC(n4cc(C#Cc5ccc(C(C)OC6CNC(=O)SC6=O)c([N+](=O)[O-])c5)c(=O)[nH]c4=O)CC3OP(=O)(O)OCC3OC(n4cc(C#Cc5ccc(C(C)NC6CNC(=O)SC6=O)c([N+](=O)[O-])c5)c5c(N)ncnc54)CC3O)C(COC)O2)c(=O)[nH]c1=O. The minimum absolute atomic E-state index is 0.0168. The van der Waals surface area contributed by atoms with E-state index in [-0.39, 0.29) is 107 Å². The quantitative estimate of drug-likeness (QED) is 0.0169. The lowest BCUT2D eigenvalue weighted by Crippen LogP contribution is -2.49. The highest BCUT2D eigenvalue weighted by Gasteiger charge is 2.47. The lowest BCUT2D eigenvalue weighted by atomic mass is 10.0. The Labute approximate surface area is 621 Å². The second kappa shape index (κ2) is 34.3. The smallest absolute Gasteiger partial charge is 0.390 e. The van der Waals surface area contributed by atoms with E-state index in [9.17, 15) is 87.4 Å². The van der Waals surface area contributed by atoms with Gasteiger partial charge in [-0.25, -0.2) is 28.7 Å². The lowest BCUT2D eigenvalue weighted by Gasteiger charge is -2.25. The standard InChI is InChI=1S/C64H66N14O27P2S2/c1-5-50(80)66-16-6-7-36-25-75(61(85)72-57(36)81)52-20-44(48(102-52)27-97-4)104-107(95,96)99-29-49-45(21-53(103-49)76-26-37(58(82)73-62(76)86)13-9-34-11-15-39(42(18-34)78(91)92)32(3)100-46-23-68-64(88)109-60(46)84)105-106(93,94)98-28-47-43(79)19-51(101-47)74-24-35(54-55(65)69-30-70-56(54)74)12-8-33-10-14-38(41(17-33)77(89)90)31(2)71-40-22-67-63(87)108-59(40)83/h10-11,14-15,17-18,24-26,30-32,40,43-49,51-53,71,79H,5,16,19-23,27-29H2,1-4H3,(H,66,80)(H,67,87)(H,68,88)(H,93,94)(H,95,96)(H2,65,69,70)(H,72,81,85)(H,73,82,86). The molecule has 9 heterocycles. The van der Waals surface area contributed by atoms with Crippen LogP contribution in [0, 0.1) is 55.8 Å². The fourth-order valence-corrected chi connectivity index (χ4v) is 15.2. The molecule has 4 aromatic heterocycles. The molecule has 11 N–H and O–H groups in total. The molecule has 0 saturated carbocycles. The van der Waals surface area contributed by atoms with Crippen molar-refractivity contribution < 1.29 is 99.6 Å². The summed E-state index contributed by atoms with van der Waals surface area (Å²) in [5.74, 6) is 15.8. The molecule has 2 aromatic carbocycles. The number of hydrogen-bond acceptors (Lipinski definition) is 31. The largest absolute Gasteiger partial charge is 0.472 e. The molecule has 15 atom stereocenters. The van der Waals surface area contributed by atoms with E-state index in [0.717, 1.165) is 33.9 Å². The molecular weight excluding hydrogens is 1520 g/mol. The molecule has 15 unspecified atom stereocenters. The van der Waals surface area contributed by atoms with E-state index in [1.807, 2.05) is 0 Å². The van der Waals surface area contributed by atoms with Crippen LogP contribution >= 0.6 is 39.2 Å². The molecule has 5 fully saturated rings. The van der Waals surface area contributed by atoms with E-state index in [0.29, 0.717) is 23.5 Å². The topological polar surface area (TPSA) is 564 Å². The van der Waals surface area contributed by atoms with Crippen molar-refractivity contribution >= 4 is 94.0 Å². The van der Waals surface area contributed by atoms with Crippen LogP contribution in [-0.2, 0) is 65.3 Å². The van der Waals surface area contributed by atoms with E-state index in [1.165, 1.54) is 55.1 Å². The Kier molecular flexibility index (Phi) is 25.2. The second-order valence-corrected chi connectivity index (χ2v) is 29.4. The van der Waals surface area contributed by atoms with Crippen molar-refractivity contribution in [2.45, 2.75) is 126 Å². The summed E-state index contributed by atoms with van der Waals surface area (Å²) in [5, 5.41) is 44.7. The number of phosphoric acid groups is 2. The van der Waals surface area contributed by atoms with Crippen molar-refractivity contribution in [1.82, 2.24) is 54.9 Å². The van der Waals surface area contributed by atoms with Crippen LogP contribution in [0.1, 0.15) is 116 Å². The van der Waals surface area contributed by atoms with Gasteiger partial charge in [0.15, 0.2) is 0 Å². The number of carbonyl (C=O) groups excluding carboxylic acids is 5. The maximum Gasteiger partial charge on any atom is 0.472 e. The average Bonchev–Trinajstić information content (AvgIpc) is 1.66. The number of nitrogens with zero attached hydrogens (tertiary/aromatic N) is 7. The third-order valence-electron chi connectivity index (χ3n) is 17.3. The van der Waals surface area contributed by atoms with E-state index >= 15 is 0 Å². The summed E-state index contributed by atoms with van der Waals surface area (Å²) in [4.78, 5) is 172. The predicted octanol–water partition coefficient (Wildman–Crippen LogP) is 1.91. The first kappa shape index (κ1) is 80.1. The van der Waals surface area contributed by atoms with E-state index in [2.05, 4.69) is 76.7 Å². The van der Waals surface area contributed by atoms with Gasteiger partial charge < -0.3 is 64.8 Å². The first-order valence-electron chi connectivity index (χ1n) is 32.9. The molecule has 5 aliphatic heterocycles. The van der Waals surface area contributed by atoms with Gasteiger partial charge in [0.1, 0.15) is 84.2 Å². The van der Waals surface area contributed by atoms with Crippen molar-refractivity contribution in [2.75, 3.05) is 52.3 Å². The Bertz CT molecular complexity index is 5190. The number of thioether (sulfide) groups is 2. The Balaban J connectivity index is 0.812. The number of nitrogens with two attached hydrogens (primary N) is 1. The molecule has 0 radical (unpaired) electrons. The molecule has 6 aromatic rings. The van der Waals surface area contributed by atoms with Crippen LogP contribution in [0.15, 0.2) is 80.5 Å². The molecule has 576 valence electrons. The van der Waals surface area contributed by atoms with Crippen molar-refractivity contribution in [2.24, 2.45) is 0 Å². The third-order valence-corrected chi connectivity index (χ3v) is 21.0. The zero-order valence-corrected chi connectivity index (χ0v) is 60.8. The highest BCUT2D eigenvalue weighted by Crippen LogP contribution is 2.52. The fraction of sp³-hybridized carbons (Fsp3) is 0.422. The number of aromatic nitrogens is 7. The number of aromatic amines is 2. The number of fused-ring (bicyclic) bond motifs is 1. The molecule has 5 aliphatic rings.